The summed E-state index contributed by atoms with van der Waals surface area (Å²) >= 11 is 3.48. The number of fused-ring (bicyclic) bond motifs is 1. The van der Waals surface area contributed by atoms with Gasteiger partial charge in [-0.1, -0.05) is 0 Å². The molecule has 2 rings (SSSR count). The predicted molar refractivity (Wildman–Crippen MR) is 55.0 cm³/mol. The molecule has 0 aliphatic rings. The molecule has 0 saturated carbocycles. The van der Waals surface area contributed by atoms with E-state index >= 15 is 0 Å². The number of aromatic nitrogens is 1. The van der Waals surface area contributed by atoms with E-state index in [4.69, 9.17) is 5.73 Å². The number of nitrogen functional groups attached to an aromatic ring is 1. The summed E-state index contributed by atoms with van der Waals surface area (Å²) in [4.78, 5) is 0. The van der Waals surface area contributed by atoms with Crippen molar-refractivity contribution < 1.29 is 0 Å². The van der Waals surface area contributed by atoms with Crippen molar-refractivity contribution in [2.75, 3.05) is 5.73 Å². The van der Waals surface area contributed by atoms with Crippen LogP contribution in [0.3, 0.4) is 0 Å². The number of aryl methyl sites for hydroxylation is 1. The Morgan fingerprint density at radius 3 is 2.92 bits per heavy atom. The average molecular weight is 225 g/mol. The summed E-state index contributed by atoms with van der Waals surface area (Å²) in [7, 11) is 2.01. The van der Waals surface area contributed by atoms with Gasteiger partial charge in [0, 0.05) is 28.8 Å². The van der Waals surface area contributed by atoms with Crippen molar-refractivity contribution in [3.63, 3.8) is 0 Å². The number of halogens is 1. The van der Waals surface area contributed by atoms with Crippen LogP contribution < -0.4 is 5.73 Å². The Kier molecular flexibility index (Phi) is 1.61. The van der Waals surface area contributed by atoms with Crippen LogP contribution in [0.15, 0.2) is 28.9 Å². The first-order chi connectivity index (χ1) is 5.68. The largest absolute Gasteiger partial charge is 0.399 e. The molecule has 0 atom stereocenters. The average Bonchev–Trinajstić information content (AvgIpc) is 2.28. The molecule has 0 aliphatic carbocycles. The lowest BCUT2D eigenvalue weighted by Crippen LogP contribution is -1.87. The molecule has 0 saturated heterocycles. The Labute approximate surface area is 79.1 Å². The third-order valence-electron chi connectivity index (χ3n) is 1.97. The lowest BCUT2D eigenvalue weighted by atomic mass is 10.2. The quantitative estimate of drug-likeness (QED) is 0.686. The zero-order chi connectivity index (χ0) is 8.72. The second kappa shape index (κ2) is 2.52. The lowest BCUT2D eigenvalue weighted by molar-refractivity contribution is 0.967. The summed E-state index contributed by atoms with van der Waals surface area (Å²) in [5.74, 6) is 0. The van der Waals surface area contributed by atoms with Crippen molar-refractivity contribution in [3.05, 3.63) is 28.9 Å². The topological polar surface area (TPSA) is 30.9 Å². The van der Waals surface area contributed by atoms with Crippen molar-refractivity contribution in [3.8, 4) is 0 Å². The summed E-state index contributed by atoms with van der Waals surface area (Å²) in [5, 5.41) is 1.20. The number of nitrogens with zero attached hydrogens (tertiary/aromatic N) is 1. The van der Waals surface area contributed by atoms with Crippen molar-refractivity contribution in [1.82, 2.24) is 4.57 Å². The summed E-state index contributed by atoms with van der Waals surface area (Å²) in [6, 6.07) is 5.90. The first kappa shape index (κ1) is 7.68. The number of benzene rings is 1. The van der Waals surface area contributed by atoms with Crippen LogP contribution in [0.5, 0.6) is 0 Å². The molecule has 0 radical (unpaired) electrons. The fraction of sp³-hybridized carbons (Fsp3) is 0.111. The van der Waals surface area contributed by atoms with Gasteiger partial charge in [-0.15, -0.1) is 0 Å². The molecule has 1 aromatic carbocycles. The zero-order valence-corrected chi connectivity index (χ0v) is 8.30. The van der Waals surface area contributed by atoms with Gasteiger partial charge in [-0.3, -0.25) is 0 Å². The number of anilines is 1. The Bertz CT molecular complexity index is 431. The van der Waals surface area contributed by atoms with Crippen LogP contribution in [0.2, 0.25) is 0 Å². The third-order valence-corrected chi connectivity index (χ3v) is 2.60. The van der Waals surface area contributed by atoms with Crippen molar-refractivity contribution in [2.24, 2.45) is 7.05 Å². The first-order valence-electron chi connectivity index (χ1n) is 3.68. The second-order valence-corrected chi connectivity index (χ2v) is 3.72. The highest BCUT2D eigenvalue weighted by Crippen LogP contribution is 2.26. The zero-order valence-electron chi connectivity index (χ0n) is 6.71. The SMILES string of the molecule is Cn1cc(Br)c2ccc(N)cc21. The van der Waals surface area contributed by atoms with Crippen LogP contribution in [0, 0.1) is 0 Å². The number of rotatable bonds is 0. The van der Waals surface area contributed by atoms with Gasteiger partial charge in [0.1, 0.15) is 0 Å². The van der Waals surface area contributed by atoms with E-state index in [0.717, 1.165) is 15.7 Å². The second-order valence-electron chi connectivity index (χ2n) is 2.86. The van der Waals surface area contributed by atoms with Crippen LogP contribution >= 0.6 is 15.9 Å². The minimum absolute atomic E-state index is 0.802. The number of hydrogen-bond acceptors (Lipinski definition) is 1. The Balaban J connectivity index is 2.90. The molecule has 1 heterocycles. The third kappa shape index (κ3) is 1.01. The molecular weight excluding hydrogens is 216 g/mol. The van der Waals surface area contributed by atoms with E-state index in [-0.39, 0.29) is 0 Å². The van der Waals surface area contributed by atoms with E-state index in [1.54, 1.807) is 0 Å². The summed E-state index contributed by atoms with van der Waals surface area (Å²) in [6.45, 7) is 0. The van der Waals surface area contributed by atoms with Gasteiger partial charge < -0.3 is 10.3 Å². The molecule has 0 bridgehead atoms. The van der Waals surface area contributed by atoms with Crippen LogP contribution in [-0.4, -0.2) is 4.57 Å². The first-order valence-corrected chi connectivity index (χ1v) is 4.48. The maximum atomic E-state index is 5.67. The highest BCUT2D eigenvalue weighted by molar-refractivity contribution is 9.10. The van der Waals surface area contributed by atoms with Gasteiger partial charge in [-0.2, -0.15) is 0 Å². The summed E-state index contributed by atoms with van der Waals surface area (Å²) < 4.78 is 3.16. The molecule has 0 fully saturated rings. The van der Waals surface area contributed by atoms with E-state index in [2.05, 4.69) is 20.5 Å². The van der Waals surface area contributed by atoms with Gasteiger partial charge in [0.25, 0.3) is 0 Å². The Hall–Kier alpha value is -0.960. The molecule has 2 N–H and O–H groups in total. The van der Waals surface area contributed by atoms with Gasteiger partial charge in [-0.05, 0) is 34.1 Å². The maximum absolute atomic E-state index is 5.67. The molecule has 1 aromatic heterocycles. The summed E-state index contributed by atoms with van der Waals surface area (Å²) in [5.41, 5.74) is 7.63. The molecule has 0 spiro atoms. The van der Waals surface area contributed by atoms with Crippen LogP contribution in [0.4, 0.5) is 5.69 Å². The summed E-state index contributed by atoms with van der Waals surface area (Å²) in [6.07, 6.45) is 2.03. The minimum Gasteiger partial charge on any atom is -0.399 e. The molecule has 0 aliphatic heterocycles. The van der Waals surface area contributed by atoms with Crippen molar-refractivity contribution in [2.45, 2.75) is 0 Å². The molecule has 0 unspecified atom stereocenters. The fourth-order valence-corrected chi connectivity index (χ4v) is 1.99. The molecular formula is C9H9BrN2. The van der Waals surface area contributed by atoms with E-state index < -0.39 is 0 Å². The van der Waals surface area contributed by atoms with Crippen molar-refractivity contribution >= 4 is 32.5 Å². The van der Waals surface area contributed by atoms with Crippen LogP contribution in [-0.2, 0) is 7.05 Å². The Morgan fingerprint density at radius 2 is 2.17 bits per heavy atom. The smallest absolute Gasteiger partial charge is 0.0510 e. The number of hydrogen-bond donors (Lipinski definition) is 1. The van der Waals surface area contributed by atoms with E-state index in [9.17, 15) is 0 Å². The molecule has 2 aromatic rings. The molecule has 12 heavy (non-hydrogen) atoms. The molecule has 62 valence electrons. The predicted octanol–water partition coefficient (Wildman–Crippen LogP) is 2.52. The van der Waals surface area contributed by atoms with E-state index in [1.807, 2.05) is 31.4 Å². The van der Waals surface area contributed by atoms with Crippen molar-refractivity contribution in [1.29, 1.82) is 0 Å². The highest BCUT2D eigenvalue weighted by atomic mass is 79.9. The number of nitrogens with two attached hydrogens (primary N) is 1. The lowest BCUT2D eigenvalue weighted by Gasteiger charge is -1.96. The van der Waals surface area contributed by atoms with Gasteiger partial charge in [-0.25, -0.2) is 0 Å². The van der Waals surface area contributed by atoms with E-state index in [0.29, 0.717) is 0 Å². The standard InChI is InChI=1S/C9H9BrN2/c1-12-5-8(10)7-3-2-6(11)4-9(7)12/h2-5H,11H2,1H3. The molecule has 2 nitrogen and oxygen atoms in total. The van der Waals surface area contributed by atoms with Gasteiger partial charge in [0.2, 0.25) is 0 Å². The van der Waals surface area contributed by atoms with Crippen LogP contribution in [0.1, 0.15) is 0 Å². The van der Waals surface area contributed by atoms with Gasteiger partial charge >= 0.3 is 0 Å². The Morgan fingerprint density at radius 1 is 1.42 bits per heavy atom. The van der Waals surface area contributed by atoms with Crippen LogP contribution in [0.25, 0.3) is 10.9 Å². The monoisotopic (exact) mass is 224 g/mol. The normalized spacial score (nSPS) is 10.8. The van der Waals surface area contributed by atoms with Gasteiger partial charge in [0.05, 0.1) is 5.52 Å². The highest BCUT2D eigenvalue weighted by Gasteiger charge is 2.02. The maximum Gasteiger partial charge on any atom is 0.0510 e. The molecule has 0 amide bonds. The minimum atomic E-state index is 0.802. The van der Waals surface area contributed by atoms with E-state index in [1.165, 1.54) is 5.39 Å². The van der Waals surface area contributed by atoms with Gasteiger partial charge in [0.15, 0.2) is 0 Å². The molecule has 3 heteroatoms. The fourth-order valence-electron chi connectivity index (χ4n) is 1.35.